The Morgan fingerprint density at radius 2 is 1.33 bits per heavy atom. The number of carbonyl (C=O) groups is 2. The summed E-state index contributed by atoms with van der Waals surface area (Å²) in [5.41, 5.74) is 3.52. The lowest BCUT2D eigenvalue weighted by Gasteiger charge is -2.29. The molecule has 8 nitrogen and oxygen atoms in total. The van der Waals surface area contributed by atoms with Crippen molar-refractivity contribution in [2.45, 2.75) is 78.1 Å². The largest absolute Gasteiger partial charge is 0.491 e. The number of carbonyl (C=O) groups excluding carboxylic acids is 2. The normalized spacial score (nSPS) is 16.0. The molecule has 1 fully saturated rings. The van der Waals surface area contributed by atoms with Crippen molar-refractivity contribution in [1.29, 1.82) is 0 Å². The van der Waals surface area contributed by atoms with Gasteiger partial charge in [-0.05, 0) is 62.5 Å². The smallest absolute Gasteiger partial charge is 0.333 e. The number of unbranched alkanes of at least 4 members (excludes halogenated alkanes) is 2. The van der Waals surface area contributed by atoms with E-state index >= 15 is 0 Å². The molecule has 0 radical (unpaired) electrons. The summed E-state index contributed by atoms with van der Waals surface area (Å²) in [6.45, 7) is 12.8. The average molecular weight is 623 g/mol. The van der Waals surface area contributed by atoms with Crippen LogP contribution in [0.25, 0.3) is 11.1 Å². The van der Waals surface area contributed by atoms with Crippen molar-refractivity contribution >= 4 is 11.9 Å². The fraction of sp³-hybridized carbons (Fsp3) is 0.514. The lowest BCUT2D eigenvalue weighted by Crippen LogP contribution is -2.14. The van der Waals surface area contributed by atoms with Crippen LogP contribution >= 0.6 is 0 Å². The van der Waals surface area contributed by atoms with Crippen LogP contribution in [0.4, 0.5) is 0 Å². The minimum absolute atomic E-state index is 0.0277. The van der Waals surface area contributed by atoms with Gasteiger partial charge in [-0.1, -0.05) is 70.0 Å². The van der Waals surface area contributed by atoms with Crippen LogP contribution < -0.4 is 14.2 Å². The molecule has 0 saturated heterocycles. The van der Waals surface area contributed by atoms with E-state index in [1.807, 2.05) is 0 Å². The minimum atomic E-state index is -0.488. The second-order valence-electron chi connectivity index (χ2n) is 11.7. The Balaban J connectivity index is 1.84. The molecule has 0 aromatic heterocycles. The van der Waals surface area contributed by atoms with E-state index in [1.54, 1.807) is 26.0 Å². The fourth-order valence-electron chi connectivity index (χ4n) is 5.53. The standard InChI is InChI=1S/C37H50O8/c1-6-7-8-9-28-10-12-29(13-11-28)30-14-16-31(17-15-30)35-33(42-20-22-44-36(39)26(2)3)24-32(41-19-18-38)25-34(35)43-21-23-45-37(40)27(4)5/h14-17,24-25,28-29,38H,2,4,6-13,18-23H2,1,3,5H3. The van der Waals surface area contributed by atoms with Crippen molar-refractivity contribution in [3.05, 3.63) is 66.3 Å². The number of ether oxygens (including phenoxy) is 5. The molecule has 246 valence electrons. The highest BCUT2D eigenvalue weighted by Crippen LogP contribution is 2.44. The van der Waals surface area contributed by atoms with Gasteiger partial charge in [0.2, 0.25) is 0 Å². The summed E-state index contributed by atoms with van der Waals surface area (Å²) in [6, 6.07) is 12.0. The van der Waals surface area contributed by atoms with Gasteiger partial charge in [-0.3, -0.25) is 0 Å². The molecule has 0 atom stereocenters. The van der Waals surface area contributed by atoms with E-state index in [0.29, 0.717) is 39.9 Å². The molecule has 0 amide bonds. The first-order chi connectivity index (χ1) is 21.7. The lowest BCUT2D eigenvalue weighted by molar-refractivity contribution is -0.140. The van der Waals surface area contributed by atoms with E-state index in [-0.39, 0.29) is 39.6 Å². The van der Waals surface area contributed by atoms with Gasteiger partial charge in [0, 0.05) is 23.3 Å². The Morgan fingerprint density at radius 3 is 1.82 bits per heavy atom. The summed E-state index contributed by atoms with van der Waals surface area (Å²) in [6.07, 6.45) is 10.3. The van der Waals surface area contributed by atoms with Gasteiger partial charge in [0.25, 0.3) is 0 Å². The van der Waals surface area contributed by atoms with Gasteiger partial charge in [-0.15, -0.1) is 0 Å². The maximum atomic E-state index is 11.9. The first-order valence-electron chi connectivity index (χ1n) is 16.2. The number of aliphatic hydroxyl groups is 1. The molecule has 1 saturated carbocycles. The number of hydrogen-bond donors (Lipinski definition) is 1. The summed E-state index contributed by atoms with van der Waals surface area (Å²) >= 11 is 0. The molecule has 3 rings (SSSR count). The van der Waals surface area contributed by atoms with Crippen molar-refractivity contribution in [1.82, 2.24) is 0 Å². The van der Waals surface area contributed by atoms with Gasteiger partial charge >= 0.3 is 11.9 Å². The van der Waals surface area contributed by atoms with Crippen LogP contribution in [0.1, 0.15) is 83.6 Å². The second kappa shape index (κ2) is 18.9. The molecule has 0 aliphatic heterocycles. The van der Waals surface area contributed by atoms with Crippen LogP contribution in [-0.4, -0.2) is 56.7 Å². The van der Waals surface area contributed by atoms with Crippen LogP contribution in [0.2, 0.25) is 0 Å². The summed E-state index contributed by atoms with van der Waals surface area (Å²) in [7, 11) is 0. The van der Waals surface area contributed by atoms with Gasteiger partial charge in [-0.2, -0.15) is 0 Å². The first-order valence-corrected chi connectivity index (χ1v) is 16.2. The van der Waals surface area contributed by atoms with E-state index in [4.69, 9.17) is 23.7 Å². The van der Waals surface area contributed by atoms with E-state index in [2.05, 4.69) is 44.3 Å². The summed E-state index contributed by atoms with van der Waals surface area (Å²) in [5, 5.41) is 9.34. The van der Waals surface area contributed by atoms with Crippen LogP contribution in [-0.2, 0) is 19.1 Å². The van der Waals surface area contributed by atoms with E-state index in [0.717, 1.165) is 11.5 Å². The summed E-state index contributed by atoms with van der Waals surface area (Å²) in [5.74, 6) is 1.78. The van der Waals surface area contributed by atoms with Crippen molar-refractivity contribution in [2.75, 3.05) is 39.6 Å². The Kier molecular flexibility index (Phi) is 15.0. The number of esters is 2. The fourth-order valence-corrected chi connectivity index (χ4v) is 5.53. The molecule has 1 N–H and O–H groups in total. The van der Waals surface area contributed by atoms with Gasteiger partial charge in [0.05, 0.1) is 12.2 Å². The molecule has 2 aromatic rings. The quantitative estimate of drug-likeness (QED) is 0.0973. The third-order valence-electron chi connectivity index (χ3n) is 7.98. The predicted molar refractivity (Wildman–Crippen MR) is 176 cm³/mol. The monoisotopic (exact) mass is 622 g/mol. The lowest BCUT2D eigenvalue weighted by atomic mass is 9.77. The first kappa shape index (κ1) is 35.7. The van der Waals surface area contributed by atoms with E-state index < -0.39 is 11.9 Å². The summed E-state index contributed by atoms with van der Waals surface area (Å²) in [4.78, 5) is 23.7. The molecule has 1 aliphatic rings. The van der Waals surface area contributed by atoms with Crippen molar-refractivity contribution in [2.24, 2.45) is 5.92 Å². The Hall–Kier alpha value is -3.78. The third-order valence-corrected chi connectivity index (χ3v) is 7.98. The molecule has 2 aromatic carbocycles. The molecule has 0 spiro atoms. The number of rotatable bonds is 19. The van der Waals surface area contributed by atoms with Crippen LogP contribution in [0.3, 0.4) is 0 Å². The highest BCUT2D eigenvalue weighted by atomic mass is 16.6. The Bertz CT molecular complexity index is 1200. The number of benzene rings is 2. The van der Waals surface area contributed by atoms with Gasteiger partial charge in [-0.25, -0.2) is 9.59 Å². The van der Waals surface area contributed by atoms with Crippen LogP contribution in [0.15, 0.2) is 60.7 Å². The molecule has 0 heterocycles. The maximum Gasteiger partial charge on any atom is 0.333 e. The molecule has 0 unspecified atom stereocenters. The van der Waals surface area contributed by atoms with Crippen LogP contribution in [0, 0.1) is 5.92 Å². The van der Waals surface area contributed by atoms with Crippen molar-refractivity contribution < 1.29 is 38.4 Å². The number of aliphatic hydroxyl groups excluding tert-OH is 1. The maximum absolute atomic E-state index is 11.9. The Morgan fingerprint density at radius 1 is 0.778 bits per heavy atom. The molecule has 45 heavy (non-hydrogen) atoms. The third kappa shape index (κ3) is 11.6. The molecule has 0 bridgehead atoms. The van der Waals surface area contributed by atoms with E-state index in [1.165, 1.54) is 56.9 Å². The summed E-state index contributed by atoms with van der Waals surface area (Å²) < 4.78 is 28.4. The van der Waals surface area contributed by atoms with Crippen LogP contribution in [0.5, 0.6) is 17.2 Å². The molecule has 8 heteroatoms. The SMILES string of the molecule is C=C(C)C(=O)OCCOc1cc(OCCO)cc(OCCOC(=O)C(=C)C)c1-c1ccc(C2CCC(CCCCC)CC2)cc1. The Labute approximate surface area is 268 Å². The average Bonchev–Trinajstić information content (AvgIpc) is 3.04. The minimum Gasteiger partial charge on any atom is -0.491 e. The zero-order valence-electron chi connectivity index (χ0n) is 27.2. The topological polar surface area (TPSA) is 101 Å². The zero-order valence-corrected chi connectivity index (χ0v) is 27.2. The molecule has 1 aliphatic carbocycles. The van der Waals surface area contributed by atoms with E-state index in [9.17, 15) is 14.7 Å². The van der Waals surface area contributed by atoms with Crippen molar-refractivity contribution in [3.8, 4) is 28.4 Å². The van der Waals surface area contributed by atoms with Gasteiger partial charge in [0.15, 0.2) is 0 Å². The van der Waals surface area contributed by atoms with Crippen molar-refractivity contribution in [3.63, 3.8) is 0 Å². The highest BCUT2D eigenvalue weighted by Gasteiger charge is 2.23. The molecular weight excluding hydrogens is 572 g/mol. The van der Waals surface area contributed by atoms with Gasteiger partial charge in [0.1, 0.15) is 50.3 Å². The molecular formula is C37H50O8. The highest BCUT2D eigenvalue weighted by molar-refractivity contribution is 5.87. The number of hydrogen-bond acceptors (Lipinski definition) is 8. The van der Waals surface area contributed by atoms with Gasteiger partial charge < -0.3 is 28.8 Å². The predicted octanol–water partition coefficient (Wildman–Crippen LogP) is 7.58. The second-order valence-corrected chi connectivity index (χ2v) is 11.7. The zero-order chi connectivity index (χ0) is 32.6.